The fourth-order valence-corrected chi connectivity index (χ4v) is 3.16. The molecule has 0 N–H and O–H groups in total. The number of oxazole rings is 1. The van der Waals surface area contributed by atoms with Crippen molar-refractivity contribution in [2.45, 2.75) is 39.8 Å². The number of nitrogens with zero attached hydrogens (tertiary/aromatic N) is 3. The lowest BCUT2D eigenvalue weighted by Gasteiger charge is -2.32. The maximum Gasteiger partial charge on any atom is 0.452 e. The van der Waals surface area contributed by atoms with E-state index in [1.165, 1.54) is 14.0 Å². The molecule has 0 saturated heterocycles. The lowest BCUT2D eigenvalue weighted by Crippen LogP contribution is -2.35. The molecule has 1 heterocycles. The van der Waals surface area contributed by atoms with E-state index in [0.717, 1.165) is 4.90 Å². The summed E-state index contributed by atoms with van der Waals surface area (Å²) in [5.74, 6) is -2.90. The third-order valence-electron chi connectivity index (χ3n) is 4.53. The molecule has 0 spiro atoms. The van der Waals surface area contributed by atoms with Crippen LogP contribution < -0.4 is 0 Å². The highest BCUT2D eigenvalue weighted by atomic mass is 19.4. The maximum absolute atomic E-state index is 13.0. The molecule has 27 heavy (non-hydrogen) atoms. The fraction of sp³-hybridized carbons (Fsp3) is 0.556. The zero-order chi connectivity index (χ0) is 20.6. The number of hydrogen-bond acceptors (Lipinski definition) is 5. The van der Waals surface area contributed by atoms with Gasteiger partial charge in [0.2, 0.25) is 5.76 Å². The number of allylic oxidation sites excluding steroid dienone is 2. The van der Waals surface area contributed by atoms with Crippen molar-refractivity contribution in [3.05, 3.63) is 29.0 Å². The second-order valence-electron chi connectivity index (χ2n) is 7.29. The van der Waals surface area contributed by atoms with Gasteiger partial charge in [0.1, 0.15) is 6.07 Å². The average Bonchev–Trinajstić information content (AvgIpc) is 2.96. The molecule has 1 aromatic heterocycles. The van der Waals surface area contributed by atoms with Gasteiger partial charge < -0.3 is 9.32 Å². The van der Waals surface area contributed by atoms with Crippen molar-refractivity contribution in [3.63, 3.8) is 0 Å². The molecule has 0 bridgehead atoms. The van der Waals surface area contributed by atoms with Crippen LogP contribution >= 0.6 is 0 Å². The molecule has 0 saturated carbocycles. The summed E-state index contributed by atoms with van der Waals surface area (Å²) in [6.07, 6.45) is -2.34. The van der Waals surface area contributed by atoms with Crippen LogP contribution in [-0.2, 0) is 11.0 Å². The summed E-state index contributed by atoms with van der Waals surface area (Å²) in [5.41, 5.74) is -1.38. The lowest BCUT2D eigenvalue weighted by molar-refractivity contribution is -0.153. The predicted octanol–water partition coefficient (Wildman–Crippen LogP) is 3.53. The number of rotatable bonds is 4. The van der Waals surface area contributed by atoms with Crippen LogP contribution in [-0.4, -0.2) is 35.2 Å². The molecule has 6 nitrogen and oxygen atoms in total. The molecular formula is C18H20F3N3O3. The van der Waals surface area contributed by atoms with Crippen molar-refractivity contribution in [1.82, 2.24) is 9.88 Å². The molecule has 0 radical (unpaired) electrons. The molecular weight excluding hydrogens is 363 g/mol. The summed E-state index contributed by atoms with van der Waals surface area (Å²) < 4.78 is 43.5. The Kier molecular flexibility index (Phi) is 5.50. The van der Waals surface area contributed by atoms with Gasteiger partial charge in [0.05, 0.1) is 5.57 Å². The van der Waals surface area contributed by atoms with E-state index in [1.807, 2.05) is 6.07 Å². The number of aryl methyl sites for hydroxylation is 1. The topological polar surface area (TPSA) is 87.2 Å². The number of carbonyl (C=O) groups excluding carboxylic acids is 2. The van der Waals surface area contributed by atoms with Gasteiger partial charge in [-0.15, -0.1) is 0 Å². The number of aromatic nitrogens is 1. The van der Waals surface area contributed by atoms with Crippen LogP contribution in [0.25, 0.3) is 0 Å². The minimum Gasteiger partial charge on any atom is -0.436 e. The standard InChI is InChI=1S/C18H20F3N3O3/c1-10-23-13(15(27-10)18(19,20)21)16(26)24(4)6-5-11-7-12(9-22)14(25)17(2,3)8-11/h7,11H,5-6,8H2,1-4H3/t11-/m0/s1. The first kappa shape index (κ1) is 20.7. The van der Waals surface area contributed by atoms with E-state index in [9.17, 15) is 22.8 Å². The normalized spacial score (nSPS) is 19.4. The van der Waals surface area contributed by atoms with Crippen molar-refractivity contribution in [2.24, 2.45) is 11.3 Å². The number of nitriles is 1. The molecule has 1 aliphatic carbocycles. The monoisotopic (exact) mass is 383 g/mol. The zero-order valence-corrected chi connectivity index (χ0v) is 15.5. The summed E-state index contributed by atoms with van der Waals surface area (Å²) in [7, 11) is 1.38. The number of Topliss-reactive ketones (excluding diaryl/α,β-unsaturated/α-hetero) is 1. The Bertz CT molecular complexity index is 831. The molecule has 1 aliphatic rings. The van der Waals surface area contributed by atoms with Crippen molar-refractivity contribution in [2.75, 3.05) is 13.6 Å². The highest BCUT2D eigenvalue weighted by Gasteiger charge is 2.42. The van der Waals surface area contributed by atoms with Crippen molar-refractivity contribution < 1.29 is 27.2 Å². The molecule has 9 heteroatoms. The predicted molar refractivity (Wildman–Crippen MR) is 88.4 cm³/mol. The molecule has 0 unspecified atom stereocenters. The molecule has 1 amide bonds. The first-order valence-electron chi connectivity index (χ1n) is 8.33. The maximum atomic E-state index is 13.0. The molecule has 1 aromatic rings. The second-order valence-corrected chi connectivity index (χ2v) is 7.29. The van der Waals surface area contributed by atoms with Crippen molar-refractivity contribution in [1.29, 1.82) is 5.26 Å². The van der Waals surface area contributed by atoms with E-state index in [0.29, 0.717) is 12.8 Å². The van der Waals surface area contributed by atoms with Crippen LogP contribution in [0.15, 0.2) is 16.1 Å². The Morgan fingerprint density at radius 1 is 1.48 bits per heavy atom. The van der Waals surface area contributed by atoms with E-state index in [4.69, 9.17) is 5.26 Å². The Hall–Kier alpha value is -2.63. The SMILES string of the molecule is Cc1nc(C(=O)N(C)CC[C@H]2C=C(C#N)C(=O)C(C)(C)C2)c(C(F)(F)F)o1. The third-order valence-corrected chi connectivity index (χ3v) is 4.53. The highest BCUT2D eigenvalue weighted by molar-refractivity contribution is 6.03. The van der Waals surface area contributed by atoms with E-state index in [1.54, 1.807) is 19.9 Å². The van der Waals surface area contributed by atoms with Crippen LogP contribution in [0.2, 0.25) is 0 Å². The van der Waals surface area contributed by atoms with Gasteiger partial charge >= 0.3 is 6.18 Å². The molecule has 1 atom stereocenters. The molecule has 2 rings (SSSR count). The summed E-state index contributed by atoms with van der Waals surface area (Å²) in [5, 5.41) is 9.11. The van der Waals surface area contributed by atoms with Gasteiger partial charge in [0.25, 0.3) is 5.91 Å². The average molecular weight is 383 g/mol. The van der Waals surface area contributed by atoms with Crippen LogP contribution in [0.4, 0.5) is 13.2 Å². The number of alkyl halides is 3. The zero-order valence-electron chi connectivity index (χ0n) is 15.5. The Labute approximate surface area is 154 Å². The van der Waals surface area contributed by atoms with Gasteiger partial charge in [0.15, 0.2) is 17.4 Å². The first-order valence-corrected chi connectivity index (χ1v) is 8.33. The Morgan fingerprint density at radius 3 is 2.67 bits per heavy atom. The molecule has 146 valence electrons. The quantitative estimate of drug-likeness (QED) is 0.794. The number of carbonyl (C=O) groups is 2. The van der Waals surface area contributed by atoms with E-state index in [-0.39, 0.29) is 29.7 Å². The highest BCUT2D eigenvalue weighted by Crippen LogP contribution is 2.37. The van der Waals surface area contributed by atoms with Crippen molar-refractivity contribution >= 4 is 11.7 Å². The number of ketones is 1. The van der Waals surface area contributed by atoms with Crippen LogP contribution in [0, 0.1) is 29.6 Å². The van der Waals surface area contributed by atoms with E-state index < -0.39 is 29.0 Å². The van der Waals surface area contributed by atoms with E-state index >= 15 is 0 Å². The summed E-state index contributed by atoms with van der Waals surface area (Å²) in [6.45, 7) is 4.87. The molecule has 0 fully saturated rings. The van der Waals surface area contributed by atoms with Crippen LogP contribution in [0.3, 0.4) is 0 Å². The number of amides is 1. The van der Waals surface area contributed by atoms with Gasteiger partial charge in [-0.25, -0.2) is 4.98 Å². The second kappa shape index (κ2) is 7.18. The van der Waals surface area contributed by atoms with Gasteiger partial charge in [-0.1, -0.05) is 19.9 Å². The van der Waals surface area contributed by atoms with Crippen molar-refractivity contribution in [3.8, 4) is 6.07 Å². The number of halogens is 3. The minimum absolute atomic E-state index is 0.0803. The summed E-state index contributed by atoms with van der Waals surface area (Å²) >= 11 is 0. The Morgan fingerprint density at radius 2 is 2.11 bits per heavy atom. The fourth-order valence-electron chi connectivity index (χ4n) is 3.16. The van der Waals surface area contributed by atoms with Gasteiger partial charge in [-0.05, 0) is 18.8 Å². The molecule has 0 aliphatic heterocycles. The summed E-state index contributed by atoms with van der Waals surface area (Å²) in [6, 6.07) is 1.89. The largest absolute Gasteiger partial charge is 0.452 e. The Balaban J connectivity index is 2.12. The lowest BCUT2D eigenvalue weighted by atomic mass is 9.71. The van der Waals surface area contributed by atoms with Gasteiger partial charge in [-0.3, -0.25) is 9.59 Å². The number of hydrogen-bond donors (Lipinski definition) is 0. The van der Waals surface area contributed by atoms with E-state index in [2.05, 4.69) is 9.40 Å². The van der Waals surface area contributed by atoms with Gasteiger partial charge in [-0.2, -0.15) is 18.4 Å². The van der Waals surface area contributed by atoms with Gasteiger partial charge in [0, 0.05) is 25.9 Å². The third kappa shape index (κ3) is 4.38. The van der Waals surface area contributed by atoms with Crippen LogP contribution in [0.1, 0.15) is 48.8 Å². The first-order chi connectivity index (χ1) is 12.4. The smallest absolute Gasteiger partial charge is 0.436 e. The summed E-state index contributed by atoms with van der Waals surface area (Å²) in [4.78, 5) is 29.2. The molecule has 0 aromatic carbocycles. The minimum atomic E-state index is -4.81. The van der Waals surface area contributed by atoms with Crippen LogP contribution in [0.5, 0.6) is 0 Å².